The maximum absolute atomic E-state index is 6.10. The number of ether oxygens (including phenoxy) is 2. The standard InChI is InChI=1S/C15H14ClIN2O2/c1-3-20-13-5-9-4-8(2)21-12(9)6-10(13)15-18-7-11(17)14(16)19-15/h5-8H,3-4H2,1-2H3. The Morgan fingerprint density at radius 2 is 2.29 bits per heavy atom. The van der Waals surface area contributed by atoms with Crippen molar-refractivity contribution in [1.82, 2.24) is 9.97 Å². The van der Waals surface area contributed by atoms with Gasteiger partial charge in [-0.05, 0) is 48.6 Å². The Morgan fingerprint density at radius 1 is 1.48 bits per heavy atom. The first kappa shape index (κ1) is 14.8. The molecule has 1 aromatic carbocycles. The Balaban J connectivity index is 2.11. The van der Waals surface area contributed by atoms with E-state index >= 15 is 0 Å². The Labute approximate surface area is 142 Å². The van der Waals surface area contributed by atoms with Gasteiger partial charge in [0.1, 0.15) is 22.8 Å². The molecule has 1 aromatic heterocycles. The van der Waals surface area contributed by atoms with Gasteiger partial charge in [0.25, 0.3) is 0 Å². The zero-order chi connectivity index (χ0) is 15.0. The van der Waals surface area contributed by atoms with Crippen molar-refractivity contribution in [2.24, 2.45) is 0 Å². The molecule has 6 heteroatoms. The average molecular weight is 417 g/mol. The number of benzene rings is 1. The van der Waals surface area contributed by atoms with Gasteiger partial charge in [-0.2, -0.15) is 0 Å². The molecule has 1 aliphatic heterocycles. The van der Waals surface area contributed by atoms with E-state index in [0.29, 0.717) is 17.6 Å². The molecule has 1 aliphatic rings. The van der Waals surface area contributed by atoms with E-state index in [1.54, 1.807) is 6.20 Å². The van der Waals surface area contributed by atoms with E-state index in [1.165, 1.54) is 0 Å². The summed E-state index contributed by atoms with van der Waals surface area (Å²) < 4.78 is 12.4. The highest BCUT2D eigenvalue weighted by molar-refractivity contribution is 14.1. The minimum absolute atomic E-state index is 0.186. The van der Waals surface area contributed by atoms with Gasteiger partial charge in [0.2, 0.25) is 0 Å². The van der Waals surface area contributed by atoms with Gasteiger partial charge in [0.05, 0.1) is 15.7 Å². The molecule has 2 heterocycles. The van der Waals surface area contributed by atoms with Crippen molar-refractivity contribution >= 4 is 34.2 Å². The molecule has 2 aromatic rings. The molecule has 0 spiro atoms. The fourth-order valence-corrected chi connectivity index (χ4v) is 2.75. The fourth-order valence-electron chi connectivity index (χ4n) is 2.37. The maximum Gasteiger partial charge on any atom is 0.164 e. The zero-order valence-corrected chi connectivity index (χ0v) is 14.6. The summed E-state index contributed by atoms with van der Waals surface area (Å²) in [7, 11) is 0. The largest absolute Gasteiger partial charge is 0.493 e. The third-order valence-electron chi connectivity index (χ3n) is 3.24. The lowest BCUT2D eigenvalue weighted by Gasteiger charge is -2.12. The third-order valence-corrected chi connectivity index (χ3v) is 4.64. The molecule has 0 saturated heterocycles. The van der Waals surface area contributed by atoms with Gasteiger partial charge >= 0.3 is 0 Å². The first-order valence-corrected chi connectivity index (χ1v) is 8.19. The van der Waals surface area contributed by atoms with Crippen LogP contribution in [0.5, 0.6) is 11.5 Å². The number of aromatic nitrogens is 2. The van der Waals surface area contributed by atoms with Crippen molar-refractivity contribution in [1.29, 1.82) is 0 Å². The number of halogens is 2. The van der Waals surface area contributed by atoms with Crippen molar-refractivity contribution in [3.63, 3.8) is 0 Å². The molecule has 0 fully saturated rings. The van der Waals surface area contributed by atoms with Crippen molar-refractivity contribution in [2.45, 2.75) is 26.4 Å². The Hall–Kier alpha value is -1.08. The highest BCUT2D eigenvalue weighted by Gasteiger charge is 2.23. The summed E-state index contributed by atoms with van der Waals surface area (Å²) in [5, 5.41) is 0.442. The van der Waals surface area contributed by atoms with Crippen molar-refractivity contribution in [2.75, 3.05) is 6.61 Å². The van der Waals surface area contributed by atoms with Gasteiger partial charge in [-0.3, -0.25) is 0 Å². The molecule has 21 heavy (non-hydrogen) atoms. The zero-order valence-electron chi connectivity index (χ0n) is 11.7. The summed E-state index contributed by atoms with van der Waals surface area (Å²) in [4.78, 5) is 8.70. The van der Waals surface area contributed by atoms with Gasteiger partial charge in [-0.1, -0.05) is 11.6 Å². The van der Waals surface area contributed by atoms with Crippen molar-refractivity contribution in [3.05, 3.63) is 32.6 Å². The summed E-state index contributed by atoms with van der Waals surface area (Å²) in [6.07, 6.45) is 2.78. The molecule has 4 nitrogen and oxygen atoms in total. The quantitative estimate of drug-likeness (QED) is 0.558. The van der Waals surface area contributed by atoms with E-state index < -0.39 is 0 Å². The predicted molar refractivity (Wildman–Crippen MR) is 90.2 cm³/mol. The van der Waals surface area contributed by atoms with E-state index in [0.717, 1.165) is 32.6 Å². The van der Waals surface area contributed by atoms with Gasteiger partial charge in [-0.15, -0.1) is 0 Å². The van der Waals surface area contributed by atoms with E-state index in [-0.39, 0.29) is 6.10 Å². The highest BCUT2D eigenvalue weighted by atomic mass is 127. The van der Waals surface area contributed by atoms with Crippen LogP contribution in [0, 0.1) is 3.57 Å². The molecular formula is C15H14ClIN2O2. The molecule has 0 N–H and O–H groups in total. The third kappa shape index (κ3) is 2.94. The molecular weight excluding hydrogens is 403 g/mol. The summed E-state index contributed by atoms with van der Waals surface area (Å²) in [5.41, 5.74) is 1.97. The van der Waals surface area contributed by atoms with E-state index in [2.05, 4.69) is 39.5 Å². The number of nitrogens with zero attached hydrogens (tertiary/aromatic N) is 2. The molecule has 0 aliphatic carbocycles. The topological polar surface area (TPSA) is 44.2 Å². The lowest BCUT2D eigenvalue weighted by atomic mass is 10.1. The second-order valence-electron chi connectivity index (χ2n) is 4.85. The van der Waals surface area contributed by atoms with Crippen LogP contribution in [0.25, 0.3) is 11.4 Å². The molecule has 0 bridgehead atoms. The minimum Gasteiger partial charge on any atom is -0.493 e. The van der Waals surface area contributed by atoms with E-state index in [9.17, 15) is 0 Å². The lowest BCUT2D eigenvalue weighted by Crippen LogP contribution is -2.05. The van der Waals surface area contributed by atoms with Crippen LogP contribution >= 0.6 is 34.2 Å². The average Bonchev–Trinajstić information content (AvgIpc) is 2.80. The van der Waals surface area contributed by atoms with Crippen LogP contribution in [-0.4, -0.2) is 22.7 Å². The van der Waals surface area contributed by atoms with E-state index in [4.69, 9.17) is 21.1 Å². The summed E-state index contributed by atoms with van der Waals surface area (Å²) >= 11 is 8.21. The van der Waals surface area contributed by atoms with Crippen LogP contribution in [0.4, 0.5) is 0 Å². The van der Waals surface area contributed by atoms with Gasteiger partial charge in [0.15, 0.2) is 5.82 Å². The molecule has 1 atom stereocenters. The molecule has 1 unspecified atom stereocenters. The van der Waals surface area contributed by atoms with Crippen LogP contribution in [0.1, 0.15) is 19.4 Å². The van der Waals surface area contributed by atoms with Gasteiger partial charge in [0, 0.05) is 18.2 Å². The fraction of sp³-hybridized carbons (Fsp3) is 0.333. The SMILES string of the molecule is CCOc1cc2c(cc1-c1ncc(I)c(Cl)n1)OC(C)C2. The molecule has 0 radical (unpaired) electrons. The highest BCUT2D eigenvalue weighted by Crippen LogP contribution is 2.39. The molecule has 110 valence electrons. The van der Waals surface area contributed by atoms with Crippen LogP contribution < -0.4 is 9.47 Å². The Morgan fingerprint density at radius 3 is 3.00 bits per heavy atom. The van der Waals surface area contributed by atoms with Crippen LogP contribution in [-0.2, 0) is 6.42 Å². The molecule has 3 rings (SSSR count). The minimum atomic E-state index is 0.186. The number of hydrogen-bond acceptors (Lipinski definition) is 4. The normalized spacial score (nSPS) is 16.5. The van der Waals surface area contributed by atoms with Crippen LogP contribution in [0.15, 0.2) is 18.3 Å². The lowest BCUT2D eigenvalue weighted by molar-refractivity contribution is 0.254. The van der Waals surface area contributed by atoms with Crippen molar-refractivity contribution in [3.8, 4) is 22.9 Å². The van der Waals surface area contributed by atoms with Crippen LogP contribution in [0.3, 0.4) is 0 Å². The van der Waals surface area contributed by atoms with Gasteiger partial charge in [-0.25, -0.2) is 9.97 Å². The Bertz CT molecular complexity index is 694. The number of rotatable bonds is 3. The predicted octanol–water partition coefficient (Wildman–Crippen LogP) is 4.12. The summed E-state index contributed by atoms with van der Waals surface area (Å²) in [6, 6.07) is 3.97. The molecule has 0 amide bonds. The smallest absolute Gasteiger partial charge is 0.164 e. The first-order chi connectivity index (χ1) is 10.1. The van der Waals surface area contributed by atoms with Gasteiger partial charge < -0.3 is 9.47 Å². The number of hydrogen-bond donors (Lipinski definition) is 0. The summed E-state index contributed by atoms with van der Waals surface area (Å²) in [5.74, 6) is 2.19. The van der Waals surface area contributed by atoms with Crippen LogP contribution in [0.2, 0.25) is 5.15 Å². The summed E-state index contributed by atoms with van der Waals surface area (Å²) in [6.45, 7) is 4.59. The monoisotopic (exact) mass is 416 g/mol. The second kappa shape index (κ2) is 5.96. The second-order valence-corrected chi connectivity index (χ2v) is 6.37. The van der Waals surface area contributed by atoms with E-state index in [1.807, 2.05) is 19.1 Å². The Kier molecular flexibility index (Phi) is 4.21. The molecule has 0 saturated carbocycles. The van der Waals surface area contributed by atoms with Crippen molar-refractivity contribution < 1.29 is 9.47 Å². The first-order valence-electron chi connectivity index (χ1n) is 6.73. The number of fused-ring (bicyclic) bond motifs is 1. The maximum atomic E-state index is 6.10.